The Labute approximate surface area is 141 Å². The SMILES string of the molecule is C/C(CC(=O)Nc1ccc(Cl)cc1)=N\NC(=O)C1CCCCC1. The Morgan fingerprint density at radius 1 is 1.17 bits per heavy atom. The van der Waals surface area contributed by atoms with Crippen molar-refractivity contribution in [2.75, 3.05) is 5.32 Å². The Morgan fingerprint density at radius 2 is 1.83 bits per heavy atom. The lowest BCUT2D eigenvalue weighted by molar-refractivity contribution is -0.126. The molecule has 0 heterocycles. The normalized spacial score (nSPS) is 16.0. The van der Waals surface area contributed by atoms with Crippen LogP contribution < -0.4 is 10.7 Å². The molecule has 0 radical (unpaired) electrons. The van der Waals surface area contributed by atoms with Crippen molar-refractivity contribution >= 4 is 34.8 Å². The summed E-state index contributed by atoms with van der Waals surface area (Å²) >= 11 is 5.80. The van der Waals surface area contributed by atoms with Crippen molar-refractivity contribution in [3.63, 3.8) is 0 Å². The molecule has 0 unspecified atom stereocenters. The summed E-state index contributed by atoms with van der Waals surface area (Å²) in [6, 6.07) is 6.89. The van der Waals surface area contributed by atoms with Gasteiger partial charge in [-0.2, -0.15) is 5.10 Å². The van der Waals surface area contributed by atoms with Crippen LogP contribution in [-0.2, 0) is 9.59 Å². The average Bonchev–Trinajstić information content (AvgIpc) is 2.55. The van der Waals surface area contributed by atoms with Gasteiger partial charge in [0.15, 0.2) is 0 Å². The molecule has 1 aromatic rings. The molecule has 2 amide bonds. The first kappa shape index (κ1) is 17.5. The summed E-state index contributed by atoms with van der Waals surface area (Å²) in [5.74, 6) is -0.161. The maximum Gasteiger partial charge on any atom is 0.243 e. The van der Waals surface area contributed by atoms with Gasteiger partial charge in [0.25, 0.3) is 0 Å². The smallest absolute Gasteiger partial charge is 0.243 e. The molecule has 1 aromatic carbocycles. The van der Waals surface area contributed by atoms with Crippen LogP contribution in [0.5, 0.6) is 0 Å². The van der Waals surface area contributed by atoms with E-state index in [1.54, 1.807) is 31.2 Å². The molecule has 1 aliphatic carbocycles. The van der Waals surface area contributed by atoms with Crippen molar-refractivity contribution in [3.05, 3.63) is 29.3 Å². The summed E-state index contributed by atoms with van der Waals surface area (Å²) in [7, 11) is 0. The van der Waals surface area contributed by atoms with Gasteiger partial charge in [0.1, 0.15) is 0 Å². The first-order valence-corrected chi connectivity index (χ1v) is 8.31. The molecule has 0 bridgehead atoms. The lowest BCUT2D eigenvalue weighted by Gasteiger charge is -2.19. The zero-order valence-corrected chi connectivity index (χ0v) is 14.0. The van der Waals surface area contributed by atoms with Gasteiger partial charge in [-0.1, -0.05) is 30.9 Å². The van der Waals surface area contributed by atoms with E-state index in [4.69, 9.17) is 11.6 Å². The molecular formula is C17H22ClN3O2. The van der Waals surface area contributed by atoms with Crippen LogP contribution in [0.25, 0.3) is 0 Å². The maximum absolute atomic E-state index is 12.0. The van der Waals surface area contributed by atoms with Gasteiger partial charge in [0.2, 0.25) is 11.8 Å². The fourth-order valence-electron chi connectivity index (χ4n) is 2.62. The highest BCUT2D eigenvalue weighted by molar-refractivity contribution is 6.30. The first-order chi connectivity index (χ1) is 11.0. The number of amides is 2. The summed E-state index contributed by atoms with van der Waals surface area (Å²) in [6.07, 6.45) is 5.40. The number of hydrazone groups is 1. The number of hydrogen-bond donors (Lipinski definition) is 2. The lowest BCUT2D eigenvalue weighted by Crippen LogP contribution is -2.29. The van der Waals surface area contributed by atoms with Gasteiger partial charge in [0.05, 0.1) is 6.42 Å². The van der Waals surface area contributed by atoms with Gasteiger partial charge in [-0.25, -0.2) is 5.43 Å². The predicted octanol–water partition coefficient (Wildman–Crippen LogP) is 3.74. The molecule has 1 saturated carbocycles. The van der Waals surface area contributed by atoms with E-state index in [1.165, 1.54) is 6.42 Å². The van der Waals surface area contributed by atoms with Crippen molar-refractivity contribution in [1.29, 1.82) is 0 Å². The molecule has 0 aliphatic heterocycles. The van der Waals surface area contributed by atoms with E-state index < -0.39 is 0 Å². The van der Waals surface area contributed by atoms with Crippen LogP contribution in [0.2, 0.25) is 5.02 Å². The average molecular weight is 336 g/mol. The molecule has 124 valence electrons. The molecular weight excluding hydrogens is 314 g/mol. The number of carbonyl (C=O) groups is 2. The van der Waals surface area contributed by atoms with E-state index in [-0.39, 0.29) is 24.2 Å². The van der Waals surface area contributed by atoms with Gasteiger partial charge in [-0.05, 0) is 44.0 Å². The van der Waals surface area contributed by atoms with Crippen LogP contribution in [0.15, 0.2) is 29.4 Å². The molecule has 6 heteroatoms. The molecule has 0 atom stereocenters. The molecule has 23 heavy (non-hydrogen) atoms. The second kappa shape index (κ2) is 8.67. The van der Waals surface area contributed by atoms with Crippen LogP contribution in [0, 0.1) is 5.92 Å². The number of nitrogens with zero attached hydrogens (tertiary/aromatic N) is 1. The topological polar surface area (TPSA) is 70.6 Å². The summed E-state index contributed by atoms with van der Waals surface area (Å²) in [4.78, 5) is 23.9. The third-order valence-electron chi connectivity index (χ3n) is 3.88. The predicted molar refractivity (Wildman–Crippen MR) is 92.5 cm³/mol. The highest BCUT2D eigenvalue weighted by Crippen LogP contribution is 2.23. The quantitative estimate of drug-likeness (QED) is 0.635. The maximum atomic E-state index is 12.0. The van der Waals surface area contributed by atoms with E-state index >= 15 is 0 Å². The Kier molecular flexibility index (Phi) is 6.59. The number of nitrogens with one attached hydrogen (secondary N) is 2. The van der Waals surface area contributed by atoms with Gasteiger partial charge in [-0.15, -0.1) is 0 Å². The van der Waals surface area contributed by atoms with Crippen molar-refractivity contribution in [3.8, 4) is 0 Å². The summed E-state index contributed by atoms with van der Waals surface area (Å²) < 4.78 is 0. The Balaban J connectivity index is 1.78. The van der Waals surface area contributed by atoms with E-state index in [2.05, 4.69) is 15.8 Å². The van der Waals surface area contributed by atoms with Crippen LogP contribution in [-0.4, -0.2) is 17.5 Å². The summed E-state index contributed by atoms with van der Waals surface area (Å²) in [5.41, 5.74) is 3.83. The fraction of sp³-hybridized carbons (Fsp3) is 0.471. The Bertz CT molecular complexity index is 578. The van der Waals surface area contributed by atoms with E-state index in [9.17, 15) is 9.59 Å². The highest BCUT2D eigenvalue weighted by Gasteiger charge is 2.20. The minimum absolute atomic E-state index is 0.0397. The van der Waals surface area contributed by atoms with Gasteiger partial charge in [0, 0.05) is 22.3 Å². The number of rotatable bonds is 5. The lowest BCUT2D eigenvalue weighted by atomic mass is 9.89. The zero-order chi connectivity index (χ0) is 16.7. The summed E-state index contributed by atoms with van der Waals surface area (Å²) in [5, 5.41) is 7.41. The third kappa shape index (κ3) is 6.02. The molecule has 0 aromatic heterocycles. The third-order valence-corrected chi connectivity index (χ3v) is 4.13. The molecule has 2 rings (SSSR count). The standard InChI is InChI=1S/C17H22ClN3O2/c1-12(20-21-17(23)13-5-3-2-4-6-13)11-16(22)19-15-9-7-14(18)8-10-15/h7-10,13H,2-6,11H2,1H3,(H,19,22)(H,21,23)/b20-12+. The Hall–Kier alpha value is -1.88. The largest absolute Gasteiger partial charge is 0.326 e. The van der Waals surface area contributed by atoms with E-state index in [0.717, 1.165) is 25.7 Å². The van der Waals surface area contributed by atoms with Gasteiger partial charge < -0.3 is 5.32 Å². The van der Waals surface area contributed by atoms with Crippen LogP contribution in [0.1, 0.15) is 45.4 Å². The van der Waals surface area contributed by atoms with Crippen LogP contribution >= 0.6 is 11.6 Å². The number of hydrogen-bond acceptors (Lipinski definition) is 3. The second-order valence-electron chi connectivity index (χ2n) is 5.89. The number of carbonyl (C=O) groups excluding carboxylic acids is 2. The minimum Gasteiger partial charge on any atom is -0.326 e. The van der Waals surface area contributed by atoms with Crippen molar-refractivity contribution < 1.29 is 9.59 Å². The van der Waals surface area contributed by atoms with Gasteiger partial charge in [-0.3, -0.25) is 9.59 Å². The summed E-state index contributed by atoms with van der Waals surface area (Å²) in [6.45, 7) is 1.72. The fourth-order valence-corrected chi connectivity index (χ4v) is 2.74. The molecule has 1 fully saturated rings. The highest BCUT2D eigenvalue weighted by atomic mass is 35.5. The molecule has 2 N–H and O–H groups in total. The van der Waals surface area contributed by atoms with Crippen LogP contribution in [0.4, 0.5) is 5.69 Å². The van der Waals surface area contributed by atoms with Crippen LogP contribution in [0.3, 0.4) is 0 Å². The van der Waals surface area contributed by atoms with E-state index in [1.807, 2.05) is 0 Å². The zero-order valence-electron chi connectivity index (χ0n) is 13.3. The van der Waals surface area contributed by atoms with Crippen molar-refractivity contribution in [2.45, 2.75) is 45.4 Å². The van der Waals surface area contributed by atoms with E-state index in [0.29, 0.717) is 16.4 Å². The Morgan fingerprint density at radius 3 is 2.48 bits per heavy atom. The number of anilines is 1. The first-order valence-electron chi connectivity index (χ1n) is 7.93. The number of benzene rings is 1. The monoisotopic (exact) mass is 335 g/mol. The molecule has 0 saturated heterocycles. The van der Waals surface area contributed by atoms with Gasteiger partial charge >= 0.3 is 0 Å². The molecule has 5 nitrogen and oxygen atoms in total. The molecule has 0 spiro atoms. The number of halogens is 1. The van der Waals surface area contributed by atoms with Crippen molar-refractivity contribution in [1.82, 2.24) is 5.43 Å². The van der Waals surface area contributed by atoms with Crippen molar-refractivity contribution in [2.24, 2.45) is 11.0 Å². The second-order valence-corrected chi connectivity index (χ2v) is 6.33. The minimum atomic E-state index is -0.180. The molecule has 1 aliphatic rings.